The topological polar surface area (TPSA) is 113 Å². The van der Waals surface area contributed by atoms with Crippen LogP contribution in [0.1, 0.15) is 50.3 Å². The molecule has 1 aliphatic heterocycles. The van der Waals surface area contributed by atoms with Crippen LogP contribution in [0.4, 0.5) is 5.69 Å². The summed E-state index contributed by atoms with van der Waals surface area (Å²) in [6.45, 7) is 8.03. The Morgan fingerprint density at radius 2 is 1.95 bits per heavy atom. The number of esters is 1. The monoisotopic (exact) mass is 547 g/mol. The van der Waals surface area contributed by atoms with E-state index in [4.69, 9.17) is 9.47 Å². The number of benzene rings is 2. The molecule has 0 spiro atoms. The van der Waals surface area contributed by atoms with Crippen molar-refractivity contribution in [1.82, 2.24) is 4.57 Å². The Balaban J connectivity index is 1.82. The number of carbonyl (C=O) groups excluding carboxylic acids is 1. The molecule has 0 saturated heterocycles. The smallest absolute Gasteiger partial charge is 0.338 e. The molecule has 0 N–H and O–H groups in total. The number of allylic oxidation sites excluding steroid dienone is 1. The van der Waals surface area contributed by atoms with Crippen LogP contribution in [0.2, 0.25) is 0 Å². The molecule has 1 aromatic heterocycles. The molecule has 0 bridgehead atoms. The molecule has 2 heterocycles. The van der Waals surface area contributed by atoms with Crippen LogP contribution in [-0.4, -0.2) is 28.7 Å². The first kappa shape index (κ1) is 27.7. The average Bonchev–Trinajstić information content (AvgIpc) is 3.23. The van der Waals surface area contributed by atoms with Crippen molar-refractivity contribution < 1.29 is 19.2 Å². The van der Waals surface area contributed by atoms with Crippen LogP contribution in [0.25, 0.3) is 6.08 Å². The summed E-state index contributed by atoms with van der Waals surface area (Å²) in [6, 6.07) is 12.7. The number of para-hydroxylation sites is 1. The lowest BCUT2D eigenvalue weighted by atomic mass is 9.96. The zero-order valence-electron chi connectivity index (χ0n) is 21.8. The maximum absolute atomic E-state index is 13.7. The second-order valence-electron chi connectivity index (χ2n) is 8.91. The van der Waals surface area contributed by atoms with Gasteiger partial charge in [-0.2, -0.15) is 0 Å². The van der Waals surface area contributed by atoms with Crippen LogP contribution >= 0.6 is 11.3 Å². The van der Waals surface area contributed by atoms with Gasteiger partial charge >= 0.3 is 5.97 Å². The summed E-state index contributed by atoms with van der Waals surface area (Å²) in [6.07, 6.45) is 6.09. The largest absolute Gasteiger partial charge is 0.494 e. The molecule has 1 unspecified atom stereocenters. The van der Waals surface area contributed by atoms with E-state index in [0.29, 0.717) is 34.0 Å². The third-order valence-corrected chi connectivity index (χ3v) is 7.19. The summed E-state index contributed by atoms with van der Waals surface area (Å²) in [5.41, 5.74) is 1.11. The number of carbonyl (C=O) groups is 1. The number of nitro groups is 1. The number of hydrogen-bond acceptors (Lipinski definition) is 8. The highest BCUT2D eigenvalue weighted by Crippen LogP contribution is 2.31. The van der Waals surface area contributed by atoms with Crippen molar-refractivity contribution in [2.24, 2.45) is 4.99 Å². The van der Waals surface area contributed by atoms with Gasteiger partial charge in [-0.25, -0.2) is 9.79 Å². The minimum atomic E-state index is -0.805. The molecule has 1 atom stereocenters. The summed E-state index contributed by atoms with van der Waals surface area (Å²) in [7, 11) is 0. The lowest BCUT2D eigenvalue weighted by Gasteiger charge is -2.24. The van der Waals surface area contributed by atoms with Crippen molar-refractivity contribution in [3.63, 3.8) is 0 Å². The molecule has 0 radical (unpaired) electrons. The van der Waals surface area contributed by atoms with Gasteiger partial charge in [-0.05, 0) is 43.2 Å². The molecule has 9 nitrogen and oxygen atoms in total. The summed E-state index contributed by atoms with van der Waals surface area (Å²) in [5.74, 6) is 0.0872. The standard InChI is InChI=1S/C29H29N3O6S/c1-4-6-9-17-37-22-14-12-20(13-15-22)26-25(28(34)38-16-5-2)19(3)30-29-31(26)27(33)24(39-29)18-21-10-7-8-11-23(21)32(35)36/h5,7-8,10-15,18,26H,2,4,6,9,16-17H2,1,3H3/b24-18-. The van der Waals surface area contributed by atoms with Crippen molar-refractivity contribution in [3.8, 4) is 5.75 Å². The van der Waals surface area contributed by atoms with Gasteiger partial charge in [-0.3, -0.25) is 19.5 Å². The molecular formula is C29H29N3O6S. The number of hydrogen-bond donors (Lipinski definition) is 0. The second-order valence-corrected chi connectivity index (χ2v) is 9.92. The molecule has 202 valence electrons. The molecule has 3 aromatic rings. The molecule has 0 saturated carbocycles. The number of aromatic nitrogens is 1. The normalized spacial score (nSPS) is 14.9. The van der Waals surface area contributed by atoms with E-state index in [0.717, 1.165) is 30.6 Å². The van der Waals surface area contributed by atoms with Crippen molar-refractivity contribution in [3.05, 3.63) is 113 Å². The van der Waals surface area contributed by atoms with E-state index in [-0.39, 0.29) is 22.4 Å². The molecule has 0 amide bonds. The maximum atomic E-state index is 13.7. The fourth-order valence-corrected chi connectivity index (χ4v) is 5.35. The molecule has 39 heavy (non-hydrogen) atoms. The Hall–Kier alpha value is -4.31. The Morgan fingerprint density at radius 3 is 2.64 bits per heavy atom. The first-order valence-electron chi connectivity index (χ1n) is 12.6. The lowest BCUT2D eigenvalue weighted by molar-refractivity contribution is -0.385. The highest BCUT2D eigenvalue weighted by Gasteiger charge is 2.33. The molecule has 2 aromatic carbocycles. The van der Waals surface area contributed by atoms with Gasteiger partial charge in [0.25, 0.3) is 11.2 Å². The number of fused-ring (bicyclic) bond motifs is 1. The molecule has 0 fully saturated rings. The lowest BCUT2D eigenvalue weighted by Crippen LogP contribution is -2.39. The highest BCUT2D eigenvalue weighted by molar-refractivity contribution is 7.07. The average molecular weight is 548 g/mol. The van der Waals surface area contributed by atoms with Crippen LogP contribution in [0.5, 0.6) is 5.75 Å². The van der Waals surface area contributed by atoms with Crippen LogP contribution in [-0.2, 0) is 9.53 Å². The Bertz CT molecular complexity index is 1600. The number of ether oxygens (including phenoxy) is 2. The summed E-state index contributed by atoms with van der Waals surface area (Å²) < 4.78 is 12.9. The zero-order valence-corrected chi connectivity index (χ0v) is 22.6. The predicted molar refractivity (Wildman–Crippen MR) is 149 cm³/mol. The van der Waals surface area contributed by atoms with Crippen molar-refractivity contribution >= 4 is 29.1 Å². The highest BCUT2D eigenvalue weighted by atomic mass is 32.1. The van der Waals surface area contributed by atoms with Gasteiger partial charge in [-0.15, -0.1) is 0 Å². The third kappa shape index (κ3) is 6.06. The van der Waals surface area contributed by atoms with Gasteiger partial charge in [0.1, 0.15) is 12.4 Å². The first-order valence-corrected chi connectivity index (χ1v) is 13.4. The van der Waals surface area contributed by atoms with E-state index in [9.17, 15) is 19.7 Å². The SMILES string of the molecule is C=CCOC(=O)C1=C(C)N=c2s/c(=C\c3ccccc3[N+](=O)[O-])c(=O)n2C1c1ccc(OCCCCC)cc1. The minimum absolute atomic E-state index is 0.00890. The van der Waals surface area contributed by atoms with Gasteiger partial charge in [0.15, 0.2) is 4.80 Å². The quantitative estimate of drug-likeness (QED) is 0.115. The number of unbranched alkanes of at least 4 members (excludes halogenated alkanes) is 2. The predicted octanol–water partition coefficient (Wildman–Crippen LogP) is 4.44. The zero-order chi connectivity index (χ0) is 27.9. The Morgan fingerprint density at radius 1 is 1.21 bits per heavy atom. The van der Waals surface area contributed by atoms with E-state index < -0.39 is 22.5 Å². The van der Waals surface area contributed by atoms with Gasteiger partial charge < -0.3 is 9.47 Å². The van der Waals surface area contributed by atoms with Crippen LogP contribution in [0.3, 0.4) is 0 Å². The molecule has 0 aliphatic carbocycles. The van der Waals surface area contributed by atoms with Crippen molar-refractivity contribution in [2.75, 3.05) is 13.2 Å². The molecule has 10 heteroatoms. The molecule has 4 rings (SSSR count). The van der Waals surface area contributed by atoms with E-state index in [1.165, 1.54) is 22.8 Å². The number of nitrogens with zero attached hydrogens (tertiary/aromatic N) is 3. The number of nitro benzene ring substituents is 1. The van der Waals surface area contributed by atoms with E-state index in [1.807, 2.05) is 24.3 Å². The number of thiazole rings is 1. The van der Waals surface area contributed by atoms with E-state index >= 15 is 0 Å². The summed E-state index contributed by atoms with van der Waals surface area (Å²) in [5, 5.41) is 11.5. The maximum Gasteiger partial charge on any atom is 0.338 e. The van der Waals surface area contributed by atoms with Crippen molar-refractivity contribution in [1.29, 1.82) is 0 Å². The van der Waals surface area contributed by atoms with Gasteiger partial charge in [-0.1, -0.05) is 68.0 Å². The fourth-order valence-electron chi connectivity index (χ4n) is 4.32. The van der Waals surface area contributed by atoms with Gasteiger partial charge in [0.2, 0.25) is 0 Å². The minimum Gasteiger partial charge on any atom is -0.494 e. The number of rotatable bonds is 11. The summed E-state index contributed by atoms with van der Waals surface area (Å²) in [4.78, 5) is 42.8. The van der Waals surface area contributed by atoms with E-state index in [2.05, 4.69) is 18.5 Å². The first-order chi connectivity index (χ1) is 18.8. The Kier molecular flexibility index (Phi) is 8.88. The Labute approximate surface area is 229 Å². The molecule has 1 aliphatic rings. The second kappa shape index (κ2) is 12.5. The van der Waals surface area contributed by atoms with Crippen LogP contribution < -0.4 is 19.6 Å². The summed E-state index contributed by atoms with van der Waals surface area (Å²) >= 11 is 1.11. The fraction of sp³-hybridized carbons (Fsp3) is 0.276. The van der Waals surface area contributed by atoms with Crippen LogP contribution in [0.15, 0.2) is 82.2 Å². The van der Waals surface area contributed by atoms with Crippen molar-refractivity contribution in [2.45, 2.75) is 39.2 Å². The molecular weight excluding hydrogens is 518 g/mol. The van der Waals surface area contributed by atoms with Gasteiger partial charge in [0.05, 0.1) is 38.9 Å². The van der Waals surface area contributed by atoms with Gasteiger partial charge in [0, 0.05) is 6.07 Å². The van der Waals surface area contributed by atoms with Crippen LogP contribution in [0, 0.1) is 10.1 Å². The van der Waals surface area contributed by atoms with E-state index in [1.54, 1.807) is 25.1 Å². The third-order valence-electron chi connectivity index (χ3n) is 6.21.